The summed E-state index contributed by atoms with van der Waals surface area (Å²) in [5.41, 5.74) is -0.688. The molecule has 0 aromatic rings. The van der Waals surface area contributed by atoms with Crippen molar-refractivity contribution in [3.8, 4) is 12.3 Å². The maximum Gasteiger partial charge on any atom is 0.249 e. The summed E-state index contributed by atoms with van der Waals surface area (Å²) in [5, 5.41) is 2.94. The molecule has 4 nitrogen and oxygen atoms in total. The van der Waals surface area contributed by atoms with Gasteiger partial charge in [0, 0.05) is 0 Å². The number of piperazine rings is 1. The first-order valence-electron chi connectivity index (χ1n) is 6.63. The van der Waals surface area contributed by atoms with E-state index in [2.05, 4.69) is 11.2 Å². The van der Waals surface area contributed by atoms with Crippen LogP contribution in [0.15, 0.2) is 0 Å². The summed E-state index contributed by atoms with van der Waals surface area (Å²) in [6, 6.07) is -0.812. The predicted octanol–water partition coefficient (Wildman–Crippen LogP) is 1.06. The molecule has 1 spiro atoms. The van der Waals surface area contributed by atoms with Crippen LogP contribution in [0.1, 0.15) is 46.0 Å². The van der Waals surface area contributed by atoms with Crippen molar-refractivity contribution in [1.82, 2.24) is 10.2 Å². The summed E-state index contributed by atoms with van der Waals surface area (Å²) in [5.74, 6) is 2.48. The average molecular weight is 248 g/mol. The molecule has 98 valence electrons. The van der Waals surface area contributed by atoms with E-state index in [1.54, 1.807) is 18.7 Å². The molecule has 2 amide bonds. The van der Waals surface area contributed by atoms with Crippen molar-refractivity contribution in [1.29, 1.82) is 0 Å². The molecule has 18 heavy (non-hydrogen) atoms. The van der Waals surface area contributed by atoms with Crippen LogP contribution in [-0.2, 0) is 9.59 Å². The van der Waals surface area contributed by atoms with E-state index in [4.69, 9.17) is 6.42 Å². The van der Waals surface area contributed by atoms with E-state index in [-0.39, 0.29) is 17.9 Å². The monoisotopic (exact) mass is 248 g/mol. The normalized spacial score (nSPS) is 28.7. The van der Waals surface area contributed by atoms with E-state index < -0.39 is 11.6 Å². The molecule has 1 saturated heterocycles. The Morgan fingerprint density at radius 3 is 2.56 bits per heavy atom. The standard InChI is InChI=1S/C14H20N2O2/c1-4-10(2)16-11(3)12(17)15-14(13(16)18)8-6-5-7-9-14/h1,10-11H,5-9H2,2-3H3,(H,15,17). The predicted molar refractivity (Wildman–Crippen MR) is 68.6 cm³/mol. The first kappa shape index (κ1) is 12.9. The van der Waals surface area contributed by atoms with E-state index >= 15 is 0 Å². The molecule has 4 heteroatoms. The molecule has 1 N–H and O–H groups in total. The molecule has 1 aliphatic carbocycles. The Balaban J connectivity index is 2.32. The van der Waals surface area contributed by atoms with Crippen molar-refractivity contribution in [3.05, 3.63) is 0 Å². The van der Waals surface area contributed by atoms with Crippen LogP contribution in [-0.4, -0.2) is 34.3 Å². The third-order valence-electron chi connectivity index (χ3n) is 4.17. The lowest BCUT2D eigenvalue weighted by molar-refractivity contribution is -0.157. The molecule has 0 bridgehead atoms. The third-order valence-corrected chi connectivity index (χ3v) is 4.17. The van der Waals surface area contributed by atoms with Crippen molar-refractivity contribution in [2.24, 2.45) is 0 Å². The third kappa shape index (κ3) is 1.88. The number of nitrogens with zero attached hydrogens (tertiary/aromatic N) is 1. The first-order chi connectivity index (χ1) is 8.52. The zero-order valence-electron chi connectivity index (χ0n) is 11.0. The first-order valence-corrected chi connectivity index (χ1v) is 6.63. The van der Waals surface area contributed by atoms with Gasteiger partial charge in [-0.25, -0.2) is 0 Å². The van der Waals surface area contributed by atoms with Gasteiger partial charge in [-0.05, 0) is 26.7 Å². The van der Waals surface area contributed by atoms with Gasteiger partial charge < -0.3 is 10.2 Å². The van der Waals surface area contributed by atoms with Crippen LogP contribution >= 0.6 is 0 Å². The lowest BCUT2D eigenvalue weighted by Gasteiger charge is -2.48. The Morgan fingerprint density at radius 1 is 1.39 bits per heavy atom. The number of terminal acetylenes is 1. The quantitative estimate of drug-likeness (QED) is 0.705. The largest absolute Gasteiger partial charge is 0.340 e. The van der Waals surface area contributed by atoms with Gasteiger partial charge >= 0.3 is 0 Å². The van der Waals surface area contributed by atoms with E-state index in [9.17, 15) is 9.59 Å². The smallest absolute Gasteiger partial charge is 0.249 e. The van der Waals surface area contributed by atoms with Crippen molar-refractivity contribution in [3.63, 3.8) is 0 Å². The molecule has 2 aliphatic rings. The molecule has 1 saturated carbocycles. The van der Waals surface area contributed by atoms with Gasteiger partial charge in [-0.3, -0.25) is 9.59 Å². The molecular formula is C14H20N2O2. The molecule has 2 atom stereocenters. The average Bonchev–Trinajstić information content (AvgIpc) is 2.38. The molecule has 2 rings (SSSR count). The number of carbonyl (C=O) groups excluding carboxylic acids is 2. The van der Waals surface area contributed by atoms with Crippen molar-refractivity contribution in [2.75, 3.05) is 0 Å². The number of amides is 2. The van der Waals surface area contributed by atoms with Crippen LogP contribution in [0.5, 0.6) is 0 Å². The second-order valence-corrected chi connectivity index (χ2v) is 5.36. The lowest BCUT2D eigenvalue weighted by atomic mass is 9.78. The summed E-state index contributed by atoms with van der Waals surface area (Å²) in [7, 11) is 0. The zero-order chi connectivity index (χ0) is 13.3. The van der Waals surface area contributed by atoms with Crippen LogP contribution in [0.25, 0.3) is 0 Å². The van der Waals surface area contributed by atoms with Crippen molar-refractivity contribution in [2.45, 2.75) is 63.6 Å². The van der Waals surface area contributed by atoms with Crippen molar-refractivity contribution >= 4 is 11.8 Å². The van der Waals surface area contributed by atoms with E-state index in [0.717, 1.165) is 32.1 Å². The van der Waals surface area contributed by atoms with E-state index in [1.807, 2.05) is 0 Å². The Kier molecular flexibility index (Phi) is 3.34. The van der Waals surface area contributed by atoms with Gasteiger partial charge in [0.2, 0.25) is 11.8 Å². The Bertz CT molecular complexity index is 405. The molecule has 1 aliphatic heterocycles. The maximum atomic E-state index is 12.7. The second kappa shape index (κ2) is 4.64. The van der Waals surface area contributed by atoms with Gasteiger partial charge in [-0.15, -0.1) is 6.42 Å². The number of nitrogens with one attached hydrogen (secondary N) is 1. The van der Waals surface area contributed by atoms with Gasteiger partial charge in [0.15, 0.2) is 0 Å². The van der Waals surface area contributed by atoms with E-state index in [1.165, 1.54) is 0 Å². The fraction of sp³-hybridized carbons (Fsp3) is 0.714. The van der Waals surface area contributed by atoms with Gasteiger partial charge in [-0.1, -0.05) is 25.2 Å². The molecular weight excluding hydrogens is 228 g/mol. The molecule has 0 radical (unpaired) electrons. The number of hydrogen-bond acceptors (Lipinski definition) is 2. The maximum absolute atomic E-state index is 12.7. The zero-order valence-corrected chi connectivity index (χ0v) is 11.0. The van der Waals surface area contributed by atoms with Crippen molar-refractivity contribution < 1.29 is 9.59 Å². The summed E-state index contributed by atoms with van der Waals surface area (Å²) in [6.45, 7) is 3.53. The van der Waals surface area contributed by atoms with Crippen LogP contribution in [0, 0.1) is 12.3 Å². The Hall–Kier alpha value is -1.50. The number of rotatable bonds is 1. The van der Waals surface area contributed by atoms with E-state index in [0.29, 0.717) is 0 Å². The minimum absolute atomic E-state index is 0.000231. The highest BCUT2D eigenvalue weighted by atomic mass is 16.2. The fourth-order valence-electron chi connectivity index (χ4n) is 3.03. The second-order valence-electron chi connectivity index (χ2n) is 5.36. The highest BCUT2D eigenvalue weighted by Crippen LogP contribution is 2.33. The molecule has 2 fully saturated rings. The summed E-state index contributed by atoms with van der Waals surface area (Å²) >= 11 is 0. The van der Waals surface area contributed by atoms with Crippen LogP contribution in [0.3, 0.4) is 0 Å². The lowest BCUT2D eigenvalue weighted by Crippen LogP contribution is -2.71. The van der Waals surface area contributed by atoms with Gasteiger partial charge in [0.25, 0.3) is 0 Å². The highest BCUT2D eigenvalue weighted by molar-refractivity contribution is 6.00. The highest BCUT2D eigenvalue weighted by Gasteiger charge is 2.50. The van der Waals surface area contributed by atoms with Gasteiger partial charge in [-0.2, -0.15) is 0 Å². The molecule has 2 unspecified atom stereocenters. The van der Waals surface area contributed by atoms with Gasteiger partial charge in [0.05, 0.1) is 6.04 Å². The SMILES string of the molecule is C#CC(C)N1C(=O)C2(CCCCC2)NC(=O)C1C. The number of carbonyl (C=O) groups is 2. The van der Waals surface area contributed by atoms with Crippen LogP contribution in [0.4, 0.5) is 0 Å². The van der Waals surface area contributed by atoms with Crippen LogP contribution in [0.2, 0.25) is 0 Å². The fourth-order valence-corrected chi connectivity index (χ4v) is 3.03. The number of hydrogen-bond donors (Lipinski definition) is 1. The van der Waals surface area contributed by atoms with Crippen LogP contribution < -0.4 is 5.32 Å². The van der Waals surface area contributed by atoms with Gasteiger partial charge in [0.1, 0.15) is 11.6 Å². The summed E-state index contributed by atoms with van der Waals surface area (Å²) < 4.78 is 0. The molecule has 0 aromatic heterocycles. The molecule has 1 heterocycles. The summed E-state index contributed by atoms with van der Waals surface area (Å²) in [6.07, 6.45) is 9.98. The Morgan fingerprint density at radius 2 is 2.00 bits per heavy atom. The Labute approximate surface area is 108 Å². The summed E-state index contributed by atoms with van der Waals surface area (Å²) in [4.78, 5) is 26.3. The topological polar surface area (TPSA) is 49.4 Å². The minimum Gasteiger partial charge on any atom is -0.340 e. The minimum atomic E-state index is -0.688. The molecule has 0 aromatic carbocycles.